The summed E-state index contributed by atoms with van der Waals surface area (Å²) in [5.41, 5.74) is 0.800. The molecule has 3 aliphatic rings. The average Bonchev–Trinajstić information content (AvgIpc) is 3.28. The van der Waals surface area contributed by atoms with Crippen LogP contribution in [0.25, 0.3) is 0 Å². The molecule has 6 heteroatoms. The Balaban J connectivity index is 1.42. The minimum absolute atomic E-state index is 0.135. The molecule has 5 nitrogen and oxygen atoms in total. The molecular formula is C16H22N2O3S. The van der Waals surface area contributed by atoms with Gasteiger partial charge in [-0.3, -0.25) is 9.69 Å². The highest BCUT2D eigenvalue weighted by Crippen LogP contribution is 2.26. The summed E-state index contributed by atoms with van der Waals surface area (Å²) >= 11 is 1.57. The van der Waals surface area contributed by atoms with E-state index in [1.807, 2.05) is 21.7 Å². The molecule has 1 aromatic heterocycles. The molecule has 1 amide bonds. The highest BCUT2D eigenvalue weighted by molar-refractivity contribution is 7.08. The minimum Gasteiger partial charge on any atom is -0.377 e. The van der Waals surface area contributed by atoms with Crippen LogP contribution in [0.1, 0.15) is 23.2 Å². The first-order valence-electron chi connectivity index (χ1n) is 8.10. The number of hydrogen-bond acceptors (Lipinski definition) is 5. The van der Waals surface area contributed by atoms with Crippen molar-refractivity contribution >= 4 is 17.2 Å². The summed E-state index contributed by atoms with van der Waals surface area (Å²) in [6.07, 6.45) is 2.84. The molecule has 4 heterocycles. The van der Waals surface area contributed by atoms with E-state index in [1.165, 1.54) is 6.42 Å². The van der Waals surface area contributed by atoms with Crippen molar-refractivity contribution in [3.63, 3.8) is 0 Å². The summed E-state index contributed by atoms with van der Waals surface area (Å²) < 4.78 is 11.7. The molecule has 0 spiro atoms. The Morgan fingerprint density at radius 2 is 2.27 bits per heavy atom. The van der Waals surface area contributed by atoms with E-state index in [0.717, 1.165) is 44.8 Å². The van der Waals surface area contributed by atoms with E-state index in [9.17, 15) is 4.79 Å². The summed E-state index contributed by atoms with van der Waals surface area (Å²) in [6, 6.07) is 2.22. The first-order valence-corrected chi connectivity index (χ1v) is 9.04. The van der Waals surface area contributed by atoms with E-state index in [0.29, 0.717) is 18.7 Å². The van der Waals surface area contributed by atoms with Crippen molar-refractivity contribution in [3.8, 4) is 0 Å². The van der Waals surface area contributed by atoms with Gasteiger partial charge in [0.05, 0.1) is 30.4 Å². The summed E-state index contributed by atoms with van der Waals surface area (Å²) in [4.78, 5) is 17.0. The van der Waals surface area contributed by atoms with Gasteiger partial charge in [-0.15, -0.1) is 0 Å². The van der Waals surface area contributed by atoms with Gasteiger partial charge in [0.25, 0.3) is 5.91 Å². The maximum atomic E-state index is 12.5. The topological polar surface area (TPSA) is 42.0 Å². The van der Waals surface area contributed by atoms with Gasteiger partial charge in [0, 0.05) is 38.2 Å². The molecular weight excluding hydrogens is 300 g/mol. The van der Waals surface area contributed by atoms with E-state index >= 15 is 0 Å². The molecule has 0 aromatic carbocycles. The molecule has 3 fully saturated rings. The minimum atomic E-state index is 0.135. The summed E-state index contributed by atoms with van der Waals surface area (Å²) in [5, 5.41) is 3.88. The lowest BCUT2D eigenvalue weighted by molar-refractivity contribution is -0.0614. The fraction of sp³-hybridized carbons (Fsp3) is 0.688. The van der Waals surface area contributed by atoms with E-state index in [4.69, 9.17) is 9.47 Å². The quantitative estimate of drug-likeness (QED) is 0.845. The van der Waals surface area contributed by atoms with Crippen molar-refractivity contribution in [2.75, 3.05) is 39.4 Å². The van der Waals surface area contributed by atoms with Crippen LogP contribution in [0.5, 0.6) is 0 Å². The Kier molecular flexibility index (Phi) is 4.17. The van der Waals surface area contributed by atoms with Gasteiger partial charge >= 0.3 is 0 Å². The molecule has 22 heavy (non-hydrogen) atoms. The molecule has 3 saturated heterocycles. The second kappa shape index (κ2) is 6.28. The van der Waals surface area contributed by atoms with Gasteiger partial charge < -0.3 is 14.4 Å². The number of carbonyl (C=O) groups is 1. The first kappa shape index (κ1) is 14.6. The molecule has 0 radical (unpaired) electrons. The van der Waals surface area contributed by atoms with Crippen LogP contribution >= 0.6 is 11.3 Å². The van der Waals surface area contributed by atoms with Crippen LogP contribution in [0.2, 0.25) is 0 Å². The Hall–Kier alpha value is -0.950. The van der Waals surface area contributed by atoms with E-state index in [-0.39, 0.29) is 12.0 Å². The molecule has 0 unspecified atom stereocenters. The predicted molar refractivity (Wildman–Crippen MR) is 84.3 cm³/mol. The third kappa shape index (κ3) is 2.80. The van der Waals surface area contributed by atoms with Crippen LogP contribution in [-0.2, 0) is 9.47 Å². The van der Waals surface area contributed by atoms with Gasteiger partial charge in [-0.05, 0) is 24.3 Å². The van der Waals surface area contributed by atoms with Crippen molar-refractivity contribution in [2.45, 2.75) is 31.1 Å². The number of ether oxygens (including phenoxy) is 2. The Morgan fingerprint density at radius 1 is 1.32 bits per heavy atom. The fourth-order valence-corrected chi connectivity index (χ4v) is 4.40. The van der Waals surface area contributed by atoms with Gasteiger partial charge in [0.2, 0.25) is 0 Å². The molecule has 4 rings (SSSR count). The number of amides is 1. The van der Waals surface area contributed by atoms with Crippen molar-refractivity contribution in [3.05, 3.63) is 22.4 Å². The molecule has 3 aliphatic heterocycles. The zero-order chi connectivity index (χ0) is 14.9. The number of fused-ring (bicyclic) bond motifs is 1. The van der Waals surface area contributed by atoms with Crippen LogP contribution in [0.4, 0.5) is 0 Å². The zero-order valence-corrected chi connectivity index (χ0v) is 13.5. The fourth-order valence-electron chi connectivity index (χ4n) is 3.77. The van der Waals surface area contributed by atoms with Gasteiger partial charge in [-0.2, -0.15) is 11.3 Å². The van der Waals surface area contributed by atoms with E-state index in [1.54, 1.807) is 11.3 Å². The van der Waals surface area contributed by atoms with Gasteiger partial charge in [0.1, 0.15) is 0 Å². The SMILES string of the molecule is O=C(c1ccsc1)N1C[C@@H]2OCCN(C[C@@H]3CCCO3)[C@@H]2C1. The van der Waals surface area contributed by atoms with Crippen LogP contribution in [0.15, 0.2) is 16.8 Å². The number of hydrogen-bond donors (Lipinski definition) is 0. The summed E-state index contributed by atoms with van der Waals surface area (Å²) in [7, 11) is 0. The summed E-state index contributed by atoms with van der Waals surface area (Å²) in [6.45, 7) is 5.06. The molecule has 0 N–H and O–H groups in total. The lowest BCUT2D eigenvalue weighted by Gasteiger charge is -2.37. The second-order valence-electron chi connectivity index (χ2n) is 6.33. The van der Waals surface area contributed by atoms with E-state index in [2.05, 4.69) is 4.90 Å². The second-order valence-corrected chi connectivity index (χ2v) is 7.11. The number of thiophene rings is 1. The Labute approximate surface area is 134 Å². The molecule has 0 saturated carbocycles. The van der Waals surface area contributed by atoms with Crippen LogP contribution in [0, 0.1) is 0 Å². The van der Waals surface area contributed by atoms with Gasteiger partial charge in [-0.1, -0.05) is 0 Å². The molecule has 0 bridgehead atoms. The van der Waals surface area contributed by atoms with Crippen LogP contribution in [-0.4, -0.2) is 73.3 Å². The monoisotopic (exact) mass is 322 g/mol. The highest BCUT2D eigenvalue weighted by Gasteiger charge is 2.42. The predicted octanol–water partition coefficient (Wildman–Crippen LogP) is 1.45. The number of nitrogens with zero attached hydrogens (tertiary/aromatic N) is 2. The smallest absolute Gasteiger partial charge is 0.254 e. The Morgan fingerprint density at radius 3 is 3.05 bits per heavy atom. The van der Waals surface area contributed by atoms with Gasteiger partial charge in [0.15, 0.2) is 0 Å². The lowest BCUT2D eigenvalue weighted by atomic mass is 10.1. The van der Waals surface area contributed by atoms with E-state index < -0.39 is 0 Å². The number of rotatable bonds is 3. The largest absolute Gasteiger partial charge is 0.377 e. The zero-order valence-electron chi connectivity index (χ0n) is 12.6. The van der Waals surface area contributed by atoms with Crippen molar-refractivity contribution in [1.29, 1.82) is 0 Å². The Bertz CT molecular complexity index is 515. The molecule has 0 aliphatic carbocycles. The number of carbonyl (C=O) groups excluding carboxylic acids is 1. The molecule has 120 valence electrons. The maximum absolute atomic E-state index is 12.5. The van der Waals surface area contributed by atoms with Crippen molar-refractivity contribution in [2.24, 2.45) is 0 Å². The molecule has 1 aromatic rings. The van der Waals surface area contributed by atoms with Crippen molar-refractivity contribution < 1.29 is 14.3 Å². The maximum Gasteiger partial charge on any atom is 0.254 e. The summed E-state index contributed by atoms with van der Waals surface area (Å²) in [5.74, 6) is 0.135. The van der Waals surface area contributed by atoms with Crippen LogP contribution in [0.3, 0.4) is 0 Å². The van der Waals surface area contributed by atoms with Crippen LogP contribution < -0.4 is 0 Å². The normalized spacial score (nSPS) is 32.4. The highest BCUT2D eigenvalue weighted by atomic mass is 32.1. The molecule has 3 atom stereocenters. The number of morpholine rings is 1. The first-order chi connectivity index (χ1) is 10.8. The number of likely N-dealkylation sites (tertiary alicyclic amines) is 1. The van der Waals surface area contributed by atoms with Crippen molar-refractivity contribution in [1.82, 2.24) is 9.80 Å². The third-order valence-corrected chi connectivity index (χ3v) is 5.62. The standard InChI is InChI=1S/C16H22N2O3S/c19-16(12-3-7-22-11-12)18-9-14-15(10-18)21-6-4-17(14)8-13-2-1-5-20-13/h3,7,11,13-15H,1-2,4-6,8-10H2/t13-,14+,15-/m0/s1. The average molecular weight is 322 g/mol. The third-order valence-electron chi connectivity index (χ3n) is 4.93. The lowest BCUT2D eigenvalue weighted by Crippen LogP contribution is -2.52. The van der Waals surface area contributed by atoms with Gasteiger partial charge in [-0.25, -0.2) is 0 Å².